The van der Waals surface area contributed by atoms with Crippen LogP contribution in [0.3, 0.4) is 0 Å². The van der Waals surface area contributed by atoms with Crippen LogP contribution in [-0.4, -0.2) is 23.5 Å². The number of benzene rings is 2. The fourth-order valence-electron chi connectivity index (χ4n) is 3.21. The van der Waals surface area contributed by atoms with E-state index in [0.29, 0.717) is 5.75 Å². The van der Waals surface area contributed by atoms with Gasteiger partial charge in [-0.1, -0.05) is 12.1 Å². The molecule has 0 unspecified atom stereocenters. The molecule has 0 radical (unpaired) electrons. The molecule has 0 aliphatic carbocycles. The molecule has 0 saturated carbocycles. The van der Waals surface area contributed by atoms with Gasteiger partial charge in [-0.2, -0.15) is 5.10 Å². The van der Waals surface area contributed by atoms with E-state index in [9.17, 15) is 9.18 Å². The van der Waals surface area contributed by atoms with E-state index in [2.05, 4.69) is 15.1 Å². The van der Waals surface area contributed by atoms with Gasteiger partial charge in [-0.15, -0.1) is 0 Å². The Labute approximate surface area is 161 Å². The maximum atomic E-state index is 13.7. The van der Waals surface area contributed by atoms with Crippen molar-refractivity contribution in [2.45, 2.75) is 13.8 Å². The summed E-state index contributed by atoms with van der Waals surface area (Å²) in [6.45, 7) is 4.16. The molecule has 7 heteroatoms. The third kappa shape index (κ3) is 3.22. The smallest absolute Gasteiger partial charge is 0.274 e. The van der Waals surface area contributed by atoms with Gasteiger partial charge in [0.15, 0.2) is 11.5 Å². The quantitative estimate of drug-likeness (QED) is 0.555. The molecule has 28 heavy (non-hydrogen) atoms. The summed E-state index contributed by atoms with van der Waals surface area (Å²) in [5.74, 6) is 0.247. The number of rotatable bonds is 4. The zero-order valence-corrected chi connectivity index (χ0v) is 15.4. The van der Waals surface area contributed by atoms with Crippen molar-refractivity contribution in [2.75, 3.05) is 6.79 Å². The molecule has 1 N–H and O–H groups in total. The van der Waals surface area contributed by atoms with Crippen LogP contribution in [0.1, 0.15) is 27.3 Å². The van der Waals surface area contributed by atoms with Crippen molar-refractivity contribution < 1.29 is 18.7 Å². The topological polar surface area (TPSA) is 64.9 Å². The maximum absolute atomic E-state index is 13.7. The van der Waals surface area contributed by atoms with Gasteiger partial charge in [-0.3, -0.25) is 4.79 Å². The number of aryl methyl sites for hydroxylation is 1. The number of amides is 1. The molecule has 0 atom stereocenters. The summed E-state index contributed by atoms with van der Waals surface area (Å²) in [5, 5.41) is 3.98. The highest BCUT2D eigenvalue weighted by Gasteiger charge is 2.16. The summed E-state index contributed by atoms with van der Waals surface area (Å²) in [6.07, 6.45) is 1.55. The zero-order chi connectivity index (χ0) is 19.7. The van der Waals surface area contributed by atoms with Gasteiger partial charge in [0.2, 0.25) is 6.79 Å². The van der Waals surface area contributed by atoms with Crippen LogP contribution in [-0.2, 0) is 0 Å². The molecule has 1 amide bonds. The van der Waals surface area contributed by atoms with Crippen LogP contribution < -0.4 is 14.9 Å². The Morgan fingerprint density at radius 1 is 1.14 bits per heavy atom. The number of aromatic nitrogens is 1. The van der Waals surface area contributed by atoms with Crippen LogP contribution in [0, 0.1) is 19.7 Å². The predicted octanol–water partition coefficient (Wildman–Crippen LogP) is 3.73. The second kappa shape index (κ2) is 7.19. The van der Waals surface area contributed by atoms with Crippen molar-refractivity contribution in [1.29, 1.82) is 0 Å². The molecule has 0 spiro atoms. The summed E-state index contributed by atoms with van der Waals surface area (Å²) in [6, 6.07) is 13.5. The molecule has 1 aromatic heterocycles. The third-order valence-electron chi connectivity index (χ3n) is 4.57. The molecule has 4 rings (SSSR count). The molecule has 1 aliphatic heterocycles. The van der Waals surface area contributed by atoms with Gasteiger partial charge in [0.1, 0.15) is 5.82 Å². The van der Waals surface area contributed by atoms with Crippen molar-refractivity contribution >= 4 is 12.1 Å². The van der Waals surface area contributed by atoms with Crippen LogP contribution in [0.15, 0.2) is 53.6 Å². The monoisotopic (exact) mass is 379 g/mol. The standard InChI is InChI=1S/C21H18FN3O3/c1-13-9-15(11-23-24-21(26)17-5-3-4-6-18(17)22)14(2)25(13)16-7-8-19-20(10-16)28-12-27-19/h3-11H,12H2,1-2H3,(H,24,26)/b23-11-. The molecular formula is C21H18FN3O3. The number of ether oxygens (including phenoxy) is 2. The average molecular weight is 379 g/mol. The molecular weight excluding hydrogens is 361 g/mol. The van der Waals surface area contributed by atoms with Crippen molar-refractivity contribution in [3.8, 4) is 17.2 Å². The molecule has 1 aliphatic rings. The van der Waals surface area contributed by atoms with Gasteiger partial charge >= 0.3 is 0 Å². The summed E-state index contributed by atoms with van der Waals surface area (Å²) in [4.78, 5) is 12.0. The fourth-order valence-corrected chi connectivity index (χ4v) is 3.21. The second-order valence-electron chi connectivity index (χ2n) is 6.38. The predicted molar refractivity (Wildman–Crippen MR) is 103 cm³/mol. The SMILES string of the molecule is Cc1cc(/C=N\NC(=O)c2ccccc2F)c(C)n1-c1ccc2c(c1)OCO2. The highest BCUT2D eigenvalue weighted by atomic mass is 19.1. The summed E-state index contributed by atoms with van der Waals surface area (Å²) >= 11 is 0. The first kappa shape index (κ1) is 17.8. The number of nitrogens with one attached hydrogen (secondary N) is 1. The Morgan fingerprint density at radius 2 is 1.93 bits per heavy atom. The van der Waals surface area contributed by atoms with Gasteiger partial charge in [-0.05, 0) is 44.2 Å². The van der Waals surface area contributed by atoms with Crippen molar-refractivity contribution in [2.24, 2.45) is 5.10 Å². The summed E-state index contributed by atoms with van der Waals surface area (Å²) in [5.41, 5.74) is 6.03. The Balaban J connectivity index is 1.55. The molecule has 0 bridgehead atoms. The number of carbonyl (C=O) groups excluding carboxylic acids is 1. The number of carbonyl (C=O) groups is 1. The van der Waals surface area contributed by atoms with Gasteiger partial charge in [-0.25, -0.2) is 9.82 Å². The molecule has 142 valence electrons. The molecule has 2 aromatic carbocycles. The van der Waals surface area contributed by atoms with Crippen LogP contribution in [0.2, 0.25) is 0 Å². The lowest BCUT2D eigenvalue weighted by Crippen LogP contribution is -2.18. The van der Waals surface area contributed by atoms with E-state index in [1.54, 1.807) is 12.3 Å². The number of halogens is 1. The molecule has 0 fully saturated rings. The largest absolute Gasteiger partial charge is 0.454 e. The van der Waals surface area contributed by atoms with E-state index in [-0.39, 0.29) is 12.4 Å². The summed E-state index contributed by atoms with van der Waals surface area (Å²) in [7, 11) is 0. The normalized spacial score (nSPS) is 12.5. The van der Waals surface area contributed by atoms with E-state index in [1.807, 2.05) is 38.1 Å². The van der Waals surface area contributed by atoms with Crippen molar-refractivity contribution in [3.05, 3.63) is 76.9 Å². The van der Waals surface area contributed by atoms with Gasteiger partial charge < -0.3 is 14.0 Å². The van der Waals surface area contributed by atoms with Crippen molar-refractivity contribution in [1.82, 2.24) is 9.99 Å². The van der Waals surface area contributed by atoms with Gasteiger partial charge in [0, 0.05) is 28.7 Å². The van der Waals surface area contributed by atoms with E-state index in [4.69, 9.17) is 9.47 Å². The first-order chi connectivity index (χ1) is 13.5. The first-order valence-electron chi connectivity index (χ1n) is 8.71. The number of hydrogen-bond acceptors (Lipinski definition) is 4. The average Bonchev–Trinajstić information content (AvgIpc) is 3.25. The first-order valence-corrected chi connectivity index (χ1v) is 8.71. The number of hydrogen-bond donors (Lipinski definition) is 1. The molecule has 3 aromatic rings. The Morgan fingerprint density at radius 3 is 2.75 bits per heavy atom. The molecule has 0 saturated heterocycles. The molecule has 6 nitrogen and oxygen atoms in total. The van der Waals surface area contributed by atoms with E-state index in [1.165, 1.54) is 18.2 Å². The van der Waals surface area contributed by atoms with E-state index >= 15 is 0 Å². The number of nitrogens with zero attached hydrogens (tertiary/aromatic N) is 2. The Hall–Kier alpha value is -3.61. The highest BCUT2D eigenvalue weighted by Crippen LogP contribution is 2.34. The van der Waals surface area contributed by atoms with Crippen molar-refractivity contribution in [3.63, 3.8) is 0 Å². The zero-order valence-electron chi connectivity index (χ0n) is 15.4. The van der Waals surface area contributed by atoms with Crippen LogP contribution >= 0.6 is 0 Å². The lowest BCUT2D eigenvalue weighted by atomic mass is 10.2. The third-order valence-corrected chi connectivity index (χ3v) is 4.57. The second-order valence-corrected chi connectivity index (χ2v) is 6.38. The minimum Gasteiger partial charge on any atom is -0.454 e. The van der Waals surface area contributed by atoms with Crippen LogP contribution in [0.4, 0.5) is 4.39 Å². The van der Waals surface area contributed by atoms with Gasteiger partial charge in [0.05, 0.1) is 11.8 Å². The fraction of sp³-hybridized carbons (Fsp3) is 0.143. The van der Waals surface area contributed by atoms with E-state index in [0.717, 1.165) is 28.4 Å². The lowest BCUT2D eigenvalue weighted by Gasteiger charge is -2.10. The van der Waals surface area contributed by atoms with E-state index < -0.39 is 11.7 Å². The summed E-state index contributed by atoms with van der Waals surface area (Å²) < 4.78 is 26.5. The number of fused-ring (bicyclic) bond motifs is 1. The molecule has 2 heterocycles. The minimum atomic E-state index is -0.598. The maximum Gasteiger partial charge on any atom is 0.274 e. The Bertz CT molecular complexity index is 1090. The number of hydrazone groups is 1. The highest BCUT2D eigenvalue weighted by molar-refractivity contribution is 5.95. The Kier molecular flexibility index (Phi) is 4.57. The lowest BCUT2D eigenvalue weighted by molar-refractivity contribution is 0.0951. The van der Waals surface area contributed by atoms with Crippen LogP contribution in [0.5, 0.6) is 11.5 Å². The van der Waals surface area contributed by atoms with Crippen LogP contribution in [0.25, 0.3) is 5.69 Å². The van der Waals surface area contributed by atoms with Gasteiger partial charge in [0.25, 0.3) is 5.91 Å². The minimum absolute atomic E-state index is 0.0505.